The molecule has 1 aliphatic rings. The van der Waals surface area contributed by atoms with Gasteiger partial charge in [-0.2, -0.15) is 0 Å². The minimum Gasteiger partial charge on any atom is -0.384 e. The van der Waals surface area contributed by atoms with E-state index in [2.05, 4.69) is 14.9 Å². The Balaban J connectivity index is 1.89. The second-order valence-electron chi connectivity index (χ2n) is 3.98. The zero-order chi connectivity index (χ0) is 9.80. The normalized spacial score (nSPS) is 19.4. The first-order chi connectivity index (χ1) is 6.84. The average molecular weight is 194 g/mol. The van der Waals surface area contributed by atoms with Gasteiger partial charge in [0.15, 0.2) is 0 Å². The monoisotopic (exact) mass is 194 g/mol. The van der Waals surface area contributed by atoms with E-state index >= 15 is 0 Å². The second kappa shape index (κ2) is 4.46. The number of rotatable bonds is 2. The molecule has 14 heavy (non-hydrogen) atoms. The van der Waals surface area contributed by atoms with E-state index in [1.165, 1.54) is 38.8 Å². The molecule has 0 aliphatic carbocycles. The van der Waals surface area contributed by atoms with Gasteiger partial charge in [-0.3, -0.25) is 4.90 Å². The predicted octanol–water partition coefficient (Wildman–Crippen LogP) is 1.37. The fourth-order valence-electron chi connectivity index (χ4n) is 1.97. The van der Waals surface area contributed by atoms with Crippen LogP contribution in [-0.2, 0) is 6.54 Å². The van der Waals surface area contributed by atoms with E-state index in [4.69, 9.17) is 5.73 Å². The van der Waals surface area contributed by atoms with Crippen LogP contribution in [0.15, 0.2) is 6.20 Å². The fraction of sp³-hybridized carbons (Fsp3) is 0.700. The van der Waals surface area contributed by atoms with Gasteiger partial charge in [-0.05, 0) is 25.9 Å². The molecule has 0 bridgehead atoms. The molecule has 0 atom stereocenters. The van der Waals surface area contributed by atoms with Crippen LogP contribution in [0.3, 0.4) is 0 Å². The number of imidazole rings is 1. The molecule has 4 heteroatoms. The Morgan fingerprint density at radius 1 is 1.29 bits per heavy atom. The minimum absolute atomic E-state index is 0.662. The molecular formula is C10H18N4. The lowest BCUT2D eigenvalue weighted by Gasteiger charge is -2.17. The van der Waals surface area contributed by atoms with E-state index in [1.54, 1.807) is 6.20 Å². The van der Waals surface area contributed by atoms with Crippen LogP contribution in [0.4, 0.5) is 5.82 Å². The maximum Gasteiger partial charge on any atom is 0.121 e. The maximum absolute atomic E-state index is 5.58. The number of nitrogen functional groups attached to an aromatic ring is 1. The summed E-state index contributed by atoms with van der Waals surface area (Å²) in [4.78, 5) is 9.74. The van der Waals surface area contributed by atoms with Gasteiger partial charge in [0.1, 0.15) is 11.6 Å². The number of likely N-dealkylation sites (tertiary alicyclic amines) is 1. The van der Waals surface area contributed by atoms with Gasteiger partial charge < -0.3 is 10.7 Å². The molecule has 1 saturated heterocycles. The van der Waals surface area contributed by atoms with Gasteiger partial charge in [0.05, 0.1) is 12.7 Å². The summed E-state index contributed by atoms with van der Waals surface area (Å²) in [6.45, 7) is 3.30. The van der Waals surface area contributed by atoms with Crippen molar-refractivity contribution >= 4 is 5.82 Å². The van der Waals surface area contributed by atoms with E-state index < -0.39 is 0 Å². The van der Waals surface area contributed by atoms with Crippen LogP contribution in [0.2, 0.25) is 0 Å². The molecule has 0 spiro atoms. The van der Waals surface area contributed by atoms with E-state index in [0.29, 0.717) is 5.82 Å². The first-order valence-corrected chi connectivity index (χ1v) is 5.36. The van der Waals surface area contributed by atoms with Crippen molar-refractivity contribution in [3.8, 4) is 0 Å². The van der Waals surface area contributed by atoms with Gasteiger partial charge >= 0.3 is 0 Å². The summed E-state index contributed by atoms with van der Waals surface area (Å²) in [7, 11) is 0. The first-order valence-electron chi connectivity index (χ1n) is 5.36. The van der Waals surface area contributed by atoms with Crippen LogP contribution in [0, 0.1) is 0 Å². The third-order valence-corrected chi connectivity index (χ3v) is 2.72. The molecule has 0 aromatic carbocycles. The molecule has 2 rings (SSSR count). The van der Waals surface area contributed by atoms with Gasteiger partial charge in [0.2, 0.25) is 0 Å². The van der Waals surface area contributed by atoms with Crippen molar-refractivity contribution in [2.45, 2.75) is 32.2 Å². The Hall–Kier alpha value is -1.03. The molecule has 0 unspecified atom stereocenters. The number of nitrogens with zero attached hydrogens (tertiary/aromatic N) is 2. The Kier molecular flexibility index (Phi) is 3.03. The Morgan fingerprint density at radius 3 is 2.57 bits per heavy atom. The average Bonchev–Trinajstić information content (AvgIpc) is 2.43. The quantitative estimate of drug-likeness (QED) is 0.747. The lowest BCUT2D eigenvalue weighted by molar-refractivity contribution is 0.271. The van der Waals surface area contributed by atoms with Crippen molar-refractivity contribution in [1.82, 2.24) is 14.9 Å². The molecule has 1 aromatic heterocycles. The van der Waals surface area contributed by atoms with Crippen molar-refractivity contribution in [3.63, 3.8) is 0 Å². The summed E-state index contributed by atoms with van der Waals surface area (Å²) in [5.74, 6) is 1.65. The summed E-state index contributed by atoms with van der Waals surface area (Å²) < 4.78 is 0. The molecular weight excluding hydrogens is 176 g/mol. The zero-order valence-corrected chi connectivity index (χ0v) is 8.50. The Bertz CT molecular complexity index is 273. The fourth-order valence-corrected chi connectivity index (χ4v) is 1.97. The number of hydrogen-bond acceptors (Lipinski definition) is 3. The highest BCUT2D eigenvalue weighted by Gasteiger charge is 2.10. The predicted molar refractivity (Wildman–Crippen MR) is 56.7 cm³/mol. The topological polar surface area (TPSA) is 57.9 Å². The van der Waals surface area contributed by atoms with Crippen molar-refractivity contribution in [3.05, 3.63) is 12.0 Å². The van der Waals surface area contributed by atoms with Crippen LogP contribution in [0.25, 0.3) is 0 Å². The van der Waals surface area contributed by atoms with E-state index in [-0.39, 0.29) is 0 Å². The summed E-state index contributed by atoms with van der Waals surface area (Å²) in [6.07, 6.45) is 7.06. The van der Waals surface area contributed by atoms with Crippen LogP contribution in [-0.4, -0.2) is 28.0 Å². The lowest BCUT2D eigenvalue weighted by Crippen LogP contribution is -2.24. The highest BCUT2D eigenvalue weighted by Crippen LogP contribution is 2.11. The molecule has 0 radical (unpaired) electrons. The number of H-pyrrole nitrogens is 1. The number of hydrogen-bond donors (Lipinski definition) is 2. The SMILES string of the molecule is Nc1cnc(CN2CCCCCC2)[nH]1. The smallest absolute Gasteiger partial charge is 0.121 e. The zero-order valence-electron chi connectivity index (χ0n) is 8.50. The highest BCUT2D eigenvalue weighted by molar-refractivity contribution is 5.24. The van der Waals surface area contributed by atoms with Gasteiger partial charge in [0, 0.05) is 0 Å². The van der Waals surface area contributed by atoms with Gasteiger partial charge in [-0.1, -0.05) is 12.8 Å². The molecule has 4 nitrogen and oxygen atoms in total. The molecule has 0 amide bonds. The molecule has 2 heterocycles. The third kappa shape index (κ3) is 2.48. The summed E-state index contributed by atoms with van der Waals surface area (Å²) in [5, 5.41) is 0. The molecule has 0 saturated carbocycles. The molecule has 78 valence electrons. The van der Waals surface area contributed by atoms with E-state index in [1.807, 2.05) is 0 Å². The minimum atomic E-state index is 0.662. The summed E-state index contributed by atoms with van der Waals surface area (Å²) >= 11 is 0. The number of nitrogens with one attached hydrogen (secondary N) is 1. The van der Waals surface area contributed by atoms with E-state index in [0.717, 1.165) is 12.4 Å². The van der Waals surface area contributed by atoms with Gasteiger partial charge in [-0.15, -0.1) is 0 Å². The standard InChI is InChI=1S/C10H18N4/c11-9-7-12-10(13-9)8-14-5-3-1-2-4-6-14/h7H,1-6,8,11H2,(H,12,13). The molecule has 1 aliphatic heterocycles. The van der Waals surface area contributed by atoms with Crippen LogP contribution < -0.4 is 5.73 Å². The first kappa shape index (κ1) is 9.52. The molecule has 1 aromatic rings. The van der Waals surface area contributed by atoms with Crippen LogP contribution in [0.1, 0.15) is 31.5 Å². The largest absolute Gasteiger partial charge is 0.384 e. The number of nitrogens with two attached hydrogens (primary N) is 1. The van der Waals surface area contributed by atoms with Crippen molar-refractivity contribution in [1.29, 1.82) is 0 Å². The van der Waals surface area contributed by atoms with Crippen LogP contribution in [0.5, 0.6) is 0 Å². The number of aromatic amines is 1. The maximum atomic E-state index is 5.58. The third-order valence-electron chi connectivity index (χ3n) is 2.72. The van der Waals surface area contributed by atoms with Crippen molar-refractivity contribution in [2.75, 3.05) is 18.8 Å². The number of anilines is 1. The second-order valence-corrected chi connectivity index (χ2v) is 3.98. The Morgan fingerprint density at radius 2 is 2.00 bits per heavy atom. The van der Waals surface area contributed by atoms with Gasteiger partial charge in [-0.25, -0.2) is 4.98 Å². The number of aromatic nitrogens is 2. The van der Waals surface area contributed by atoms with Crippen molar-refractivity contribution in [2.24, 2.45) is 0 Å². The van der Waals surface area contributed by atoms with Crippen LogP contribution >= 0.6 is 0 Å². The van der Waals surface area contributed by atoms with Crippen molar-refractivity contribution < 1.29 is 0 Å². The lowest BCUT2D eigenvalue weighted by atomic mass is 10.2. The summed E-state index contributed by atoms with van der Waals surface area (Å²) in [6, 6.07) is 0. The van der Waals surface area contributed by atoms with E-state index in [9.17, 15) is 0 Å². The molecule has 3 N–H and O–H groups in total. The van der Waals surface area contributed by atoms with Gasteiger partial charge in [0.25, 0.3) is 0 Å². The molecule has 1 fully saturated rings. The highest BCUT2D eigenvalue weighted by atomic mass is 15.2. The Labute approximate surface area is 84.5 Å². The summed E-state index contributed by atoms with van der Waals surface area (Å²) in [5.41, 5.74) is 5.58.